The second kappa shape index (κ2) is 7.87. The molecule has 1 N–H and O–H groups in total. The molecule has 0 aliphatic carbocycles. The van der Waals surface area contributed by atoms with Crippen LogP contribution in [0.4, 0.5) is 0 Å². The zero-order valence-electron chi connectivity index (χ0n) is 15.2. The lowest BCUT2D eigenvalue weighted by Gasteiger charge is -2.05. The van der Waals surface area contributed by atoms with Crippen molar-refractivity contribution in [2.75, 3.05) is 14.2 Å². The van der Waals surface area contributed by atoms with Gasteiger partial charge in [0.15, 0.2) is 0 Å². The van der Waals surface area contributed by atoms with Gasteiger partial charge in [0.1, 0.15) is 23.0 Å². The molecule has 134 valence electrons. The van der Waals surface area contributed by atoms with E-state index in [0.717, 1.165) is 34.6 Å². The summed E-state index contributed by atoms with van der Waals surface area (Å²) in [4.78, 5) is 16.7. The monoisotopic (exact) mass is 350 g/mol. The molecule has 1 aliphatic heterocycles. The summed E-state index contributed by atoms with van der Waals surface area (Å²) in [6, 6.07) is 13.7. The highest BCUT2D eigenvalue weighted by Crippen LogP contribution is 2.24. The maximum absolute atomic E-state index is 12.2. The number of nitrogens with one attached hydrogen (secondary N) is 1. The predicted molar refractivity (Wildman–Crippen MR) is 103 cm³/mol. The Labute approximate surface area is 153 Å². The van der Waals surface area contributed by atoms with Gasteiger partial charge in [-0.2, -0.15) is 0 Å². The molecule has 2 aromatic carbocycles. The number of amides is 1. The number of rotatable bonds is 6. The molecule has 2 aromatic rings. The molecule has 0 unspecified atom stereocenters. The molecule has 0 saturated heterocycles. The van der Waals surface area contributed by atoms with E-state index >= 15 is 0 Å². The van der Waals surface area contributed by atoms with Crippen LogP contribution in [0.1, 0.15) is 23.1 Å². The van der Waals surface area contributed by atoms with Crippen molar-refractivity contribution >= 4 is 17.8 Å². The van der Waals surface area contributed by atoms with Gasteiger partial charge in [0.2, 0.25) is 0 Å². The van der Waals surface area contributed by atoms with Crippen LogP contribution in [-0.2, 0) is 11.2 Å². The Hall–Kier alpha value is -3.08. The van der Waals surface area contributed by atoms with Crippen LogP contribution in [0, 0.1) is 6.92 Å². The summed E-state index contributed by atoms with van der Waals surface area (Å²) in [5.41, 5.74) is 3.47. The number of hydrogen-bond donors (Lipinski definition) is 1. The Balaban J connectivity index is 1.75. The maximum Gasteiger partial charge on any atom is 0.275 e. The molecule has 1 amide bonds. The molecule has 3 rings (SSSR count). The van der Waals surface area contributed by atoms with Crippen molar-refractivity contribution in [3.8, 4) is 11.5 Å². The second-order valence-corrected chi connectivity index (χ2v) is 6.14. The van der Waals surface area contributed by atoms with Crippen molar-refractivity contribution in [2.45, 2.75) is 19.8 Å². The summed E-state index contributed by atoms with van der Waals surface area (Å²) in [5.74, 6) is 2.04. The van der Waals surface area contributed by atoms with Crippen LogP contribution in [-0.4, -0.2) is 26.0 Å². The zero-order valence-corrected chi connectivity index (χ0v) is 15.2. The van der Waals surface area contributed by atoms with Crippen LogP contribution in [0.3, 0.4) is 0 Å². The average Bonchev–Trinajstić information content (AvgIpc) is 3.00. The Morgan fingerprint density at radius 3 is 2.69 bits per heavy atom. The third-order valence-electron chi connectivity index (χ3n) is 4.21. The molecule has 1 heterocycles. The molecule has 0 fully saturated rings. The highest BCUT2D eigenvalue weighted by molar-refractivity contribution is 6.14. The van der Waals surface area contributed by atoms with E-state index in [0.29, 0.717) is 18.0 Å². The molecule has 5 nitrogen and oxygen atoms in total. The van der Waals surface area contributed by atoms with Gasteiger partial charge in [-0.05, 0) is 49.2 Å². The molecular formula is C21H22N2O3. The van der Waals surface area contributed by atoms with E-state index in [4.69, 9.17) is 9.47 Å². The van der Waals surface area contributed by atoms with E-state index in [-0.39, 0.29) is 5.91 Å². The lowest BCUT2D eigenvalue weighted by Crippen LogP contribution is -2.24. The summed E-state index contributed by atoms with van der Waals surface area (Å²) in [5, 5.41) is 2.85. The lowest BCUT2D eigenvalue weighted by molar-refractivity contribution is -0.115. The molecule has 0 atom stereocenters. The first-order valence-electron chi connectivity index (χ1n) is 8.47. The Bertz CT molecular complexity index is 885. The smallest absolute Gasteiger partial charge is 0.275 e. The van der Waals surface area contributed by atoms with E-state index in [1.54, 1.807) is 20.3 Å². The van der Waals surface area contributed by atoms with Gasteiger partial charge in [0.25, 0.3) is 5.91 Å². The molecule has 1 aliphatic rings. The van der Waals surface area contributed by atoms with Crippen molar-refractivity contribution in [3.05, 3.63) is 64.9 Å². The largest absolute Gasteiger partial charge is 0.497 e. The summed E-state index contributed by atoms with van der Waals surface area (Å²) >= 11 is 0. The normalized spacial score (nSPS) is 15.0. The Morgan fingerprint density at radius 1 is 1.08 bits per heavy atom. The van der Waals surface area contributed by atoms with Crippen LogP contribution in [0.15, 0.2) is 53.2 Å². The van der Waals surface area contributed by atoms with E-state index < -0.39 is 0 Å². The van der Waals surface area contributed by atoms with Crippen molar-refractivity contribution in [1.82, 2.24) is 5.32 Å². The summed E-state index contributed by atoms with van der Waals surface area (Å²) in [6.45, 7) is 2.00. The predicted octanol–water partition coefficient (Wildman–Crippen LogP) is 3.51. The van der Waals surface area contributed by atoms with Crippen molar-refractivity contribution < 1.29 is 14.3 Å². The van der Waals surface area contributed by atoms with E-state index in [1.165, 1.54) is 0 Å². The molecule has 0 bridgehead atoms. The van der Waals surface area contributed by atoms with Gasteiger partial charge in [-0.1, -0.05) is 23.8 Å². The SMILES string of the molecule is COc1cccc(CCC2=N/C(=C/c3cc(C)ccc3OC)C(=O)N2)c1. The van der Waals surface area contributed by atoms with Crippen molar-refractivity contribution in [3.63, 3.8) is 0 Å². The topological polar surface area (TPSA) is 59.9 Å². The van der Waals surface area contributed by atoms with Crippen LogP contribution in [0.2, 0.25) is 0 Å². The highest BCUT2D eigenvalue weighted by atomic mass is 16.5. The number of hydrogen-bond acceptors (Lipinski definition) is 4. The minimum atomic E-state index is -0.186. The number of benzene rings is 2. The molecule has 26 heavy (non-hydrogen) atoms. The maximum atomic E-state index is 12.2. The number of aliphatic imine (C=N–C) groups is 1. The number of amidine groups is 1. The van der Waals surface area contributed by atoms with Gasteiger partial charge in [0, 0.05) is 12.0 Å². The standard InChI is InChI=1S/C21H22N2O3/c1-14-7-9-19(26-3)16(11-14)13-18-21(24)23-20(22-18)10-8-15-5-4-6-17(12-15)25-2/h4-7,9,11-13H,8,10H2,1-3H3,(H,22,23,24)/b18-13+. The summed E-state index contributed by atoms with van der Waals surface area (Å²) in [7, 11) is 3.27. The summed E-state index contributed by atoms with van der Waals surface area (Å²) in [6.07, 6.45) is 3.19. The second-order valence-electron chi connectivity index (χ2n) is 6.14. The molecule has 0 radical (unpaired) electrons. The zero-order chi connectivity index (χ0) is 18.5. The first-order chi connectivity index (χ1) is 12.6. The number of carbonyl (C=O) groups excluding carboxylic acids is 1. The van der Waals surface area contributed by atoms with Gasteiger partial charge in [-0.3, -0.25) is 4.79 Å². The first kappa shape index (κ1) is 17.7. The fourth-order valence-corrected chi connectivity index (χ4v) is 2.84. The van der Waals surface area contributed by atoms with Gasteiger partial charge < -0.3 is 14.8 Å². The molecular weight excluding hydrogens is 328 g/mol. The lowest BCUT2D eigenvalue weighted by atomic mass is 10.1. The van der Waals surface area contributed by atoms with Crippen molar-refractivity contribution in [1.29, 1.82) is 0 Å². The van der Waals surface area contributed by atoms with Gasteiger partial charge in [-0.25, -0.2) is 4.99 Å². The minimum Gasteiger partial charge on any atom is -0.497 e. The third kappa shape index (κ3) is 4.11. The molecule has 0 spiro atoms. The van der Waals surface area contributed by atoms with Crippen LogP contribution < -0.4 is 14.8 Å². The van der Waals surface area contributed by atoms with E-state index in [2.05, 4.69) is 10.3 Å². The van der Waals surface area contributed by atoms with Gasteiger partial charge in [-0.15, -0.1) is 0 Å². The average molecular weight is 350 g/mol. The quantitative estimate of drug-likeness (QED) is 0.811. The number of aryl methyl sites for hydroxylation is 2. The van der Waals surface area contributed by atoms with Crippen molar-refractivity contribution in [2.24, 2.45) is 4.99 Å². The Morgan fingerprint density at radius 2 is 1.92 bits per heavy atom. The molecule has 0 saturated carbocycles. The van der Waals surface area contributed by atoms with E-state index in [9.17, 15) is 4.79 Å². The van der Waals surface area contributed by atoms with Crippen LogP contribution in [0.5, 0.6) is 11.5 Å². The molecule has 5 heteroatoms. The third-order valence-corrected chi connectivity index (χ3v) is 4.21. The Kier molecular flexibility index (Phi) is 5.37. The number of ether oxygens (including phenoxy) is 2. The van der Waals surface area contributed by atoms with Gasteiger partial charge in [0.05, 0.1) is 14.2 Å². The fourth-order valence-electron chi connectivity index (χ4n) is 2.84. The highest BCUT2D eigenvalue weighted by Gasteiger charge is 2.20. The van der Waals surface area contributed by atoms with E-state index in [1.807, 2.05) is 49.4 Å². The van der Waals surface area contributed by atoms with Crippen LogP contribution >= 0.6 is 0 Å². The first-order valence-corrected chi connectivity index (χ1v) is 8.47. The molecule has 0 aromatic heterocycles. The van der Waals surface area contributed by atoms with Crippen LogP contribution in [0.25, 0.3) is 6.08 Å². The number of carbonyl (C=O) groups is 1. The number of methoxy groups -OCH3 is 2. The number of nitrogens with zero attached hydrogens (tertiary/aromatic N) is 1. The van der Waals surface area contributed by atoms with Gasteiger partial charge >= 0.3 is 0 Å². The fraction of sp³-hybridized carbons (Fsp3) is 0.238. The minimum absolute atomic E-state index is 0.186. The summed E-state index contributed by atoms with van der Waals surface area (Å²) < 4.78 is 10.6.